The molecule has 2 aromatic rings. The molecule has 0 heterocycles. The highest BCUT2D eigenvalue weighted by molar-refractivity contribution is 5.91. The molecule has 0 aliphatic rings. The van der Waals surface area contributed by atoms with Crippen LogP contribution in [-0.2, 0) is 11.3 Å². The van der Waals surface area contributed by atoms with Crippen LogP contribution in [0.15, 0.2) is 42.5 Å². The van der Waals surface area contributed by atoms with E-state index >= 15 is 0 Å². The minimum atomic E-state index is -0.947. The summed E-state index contributed by atoms with van der Waals surface area (Å²) in [6.45, 7) is 3.82. The Hall–Kier alpha value is -3.26. The fourth-order valence-electron chi connectivity index (χ4n) is 2.41. The number of carbonyl (C=O) groups excluding carboxylic acids is 1. The van der Waals surface area contributed by atoms with Crippen molar-refractivity contribution in [1.82, 2.24) is 5.32 Å². The number of hydrogen-bond donors (Lipinski definition) is 2. The minimum absolute atomic E-state index is 0.145. The molecular formula is C20H19NO4. The van der Waals surface area contributed by atoms with E-state index in [1.807, 2.05) is 30.3 Å². The summed E-state index contributed by atoms with van der Waals surface area (Å²) >= 11 is 0. The predicted octanol–water partition coefficient (Wildman–Crippen LogP) is 3.28. The summed E-state index contributed by atoms with van der Waals surface area (Å²) in [5, 5.41) is 11.7. The smallest absolute Gasteiger partial charge is 0.408 e. The molecule has 0 saturated heterocycles. The van der Waals surface area contributed by atoms with Gasteiger partial charge in [0.2, 0.25) is 0 Å². The van der Waals surface area contributed by atoms with Gasteiger partial charge >= 0.3 is 12.1 Å². The number of aryl methyl sites for hydroxylation is 2. The summed E-state index contributed by atoms with van der Waals surface area (Å²) in [4.78, 5) is 22.7. The van der Waals surface area contributed by atoms with E-state index in [4.69, 9.17) is 9.84 Å². The molecule has 0 fully saturated rings. The normalized spacial score (nSPS) is 9.68. The van der Waals surface area contributed by atoms with E-state index in [1.165, 1.54) is 0 Å². The molecule has 0 saturated carbocycles. The number of carbonyl (C=O) groups is 2. The first kappa shape index (κ1) is 18.1. The second-order valence-corrected chi connectivity index (χ2v) is 5.51. The van der Waals surface area contributed by atoms with Gasteiger partial charge in [0.15, 0.2) is 0 Å². The van der Waals surface area contributed by atoms with Crippen molar-refractivity contribution in [2.24, 2.45) is 0 Å². The van der Waals surface area contributed by atoms with Gasteiger partial charge < -0.3 is 15.2 Å². The van der Waals surface area contributed by atoms with Crippen molar-refractivity contribution in [3.8, 4) is 11.8 Å². The van der Waals surface area contributed by atoms with Crippen LogP contribution in [0.3, 0.4) is 0 Å². The number of hydrogen-bond acceptors (Lipinski definition) is 3. The van der Waals surface area contributed by atoms with Crippen LogP contribution in [0.1, 0.15) is 32.6 Å². The summed E-state index contributed by atoms with van der Waals surface area (Å²) in [5.74, 6) is 4.79. The fraction of sp³-hybridized carbons (Fsp3) is 0.200. The quantitative estimate of drug-likeness (QED) is 0.840. The number of alkyl carbamates (subject to hydrolysis) is 1. The maximum Gasteiger partial charge on any atom is 0.408 e. The first-order valence-electron chi connectivity index (χ1n) is 7.75. The lowest BCUT2D eigenvalue weighted by Gasteiger charge is -2.06. The van der Waals surface area contributed by atoms with Gasteiger partial charge in [-0.15, -0.1) is 0 Å². The van der Waals surface area contributed by atoms with E-state index in [9.17, 15) is 9.59 Å². The van der Waals surface area contributed by atoms with Gasteiger partial charge in [-0.1, -0.05) is 42.2 Å². The molecule has 2 rings (SSSR count). The first-order valence-corrected chi connectivity index (χ1v) is 7.75. The van der Waals surface area contributed by atoms with E-state index in [1.54, 1.807) is 26.0 Å². The summed E-state index contributed by atoms with van der Waals surface area (Å²) < 4.78 is 5.08. The highest BCUT2D eigenvalue weighted by Crippen LogP contribution is 2.16. The average molecular weight is 337 g/mol. The van der Waals surface area contributed by atoms with Crippen LogP contribution in [0.5, 0.6) is 0 Å². The van der Waals surface area contributed by atoms with Crippen molar-refractivity contribution >= 4 is 12.1 Å². The summed E-state index contributed by atoms with van der Waals surface area (Å²) in [6, 6.07) is 12.8. The lowest BCUT2D eigenvalue weighted by atomic mass is 9.99. The number of aromatic carboxylic acids is 1. The molecule has 0 bridgehead atoms. The van der Waals surface area contributed by atoms with E-state index in [0.717, 1.165) is 5.56 Å². The van der Waals surface area contributed by atoms with E-state index in [0.29, 0.717) is 22.3 Å². The Balaban J connectivity index is 1.86. The van der Waals surface area contributed by atoms with Crippen molar-refractivity contribution in [2.45, 2.75) is 20.5 Å². The van der Waals surface area contributed by atoms with Gasteiger partial charge in [-0.2, -0.15) is 0 Å². The van der Waals surface area contributed by atoms with Crippen molar-refractivity contribution in [3.05, 3.63) is 70.3 Å². The number of nitrogens with one attached hydrogen (secondary N) is 1. The number of rotatable bonds is 4. The van der Waals surface area contributed by atoms with Gasteiger partial charge in [-0.05, 0) is 42.7 Å². The lowest BCUT2D eigenvalue weighted by molar-refractivity contribution is 0.0695. The largest absolute Gasteiger partial charge is 0.478 e. The minimum Gasteiger partial charge on any atom is -0.478 e. The molecule has 1 amide bonds. The zero-order chi connectivity index (χ0) is 18.2. The number of amides is 1. The fourth-order valence-corrected chi connectivity index (χ4v) is 2.41. The van der Waals surface area contributed by atoms with Crippen LogP contribution in [0.25, 0.3) is 0 Å². The van der Waals surface area contributed by atoms with Crippen molar-refractivity contribution in [2.75, 3.05) is 6.54 Å². The van der Waals surface area contributed by atoms with E-state index in [-0.39, 0.29) is 13.2 Å². The monoisotopic (exact) mass is 337 g/mol. The van der Waals surface area contributed by atoms with Gasteiger partial charge in [-0.3, -0.25) is 0 Å². The van der Waals surface area contributed by atoms with Crippen LogP contribution >= 0.6 is 0 Å². The van der Waals surface area contributed by atoms with Crippen molar-refractivity contribution < 1.29 is 19.4 Å². The molecule has 2 aromatic carbocycles. The molecule has 25 heavy (non-hydrogen) atoms. The Kier molecular flexibility index (Phi) is 6.19. The SMILES string of the molecule is Cc1cc(C#CCNC(=O)OCc2ccccc2)cc(C)c1C(=O)O. The molecule has 0 atom stereocenters. The molecule has 128 valence electrons. The summed E-state index contributed by atoms with van der Waals surface area (Å²) in [6.07, 6.45) is -0.535. The molecule has 0 aliphatic carbocycles. The van der Waals surface area contributed by atoms with Crippen LogP contribution in [0.2, 0.25) is 0 Å². The van der Waals surface area contributed by atoms with E-state index in [2.05, 4.69) is 17.2 Å². The highest BCUT2D eigenvalue weighted by atomic mass is 16.5. The Morgan fingerprint density at radius 2 is 1.76 bits per heavy atom. The van der Waals surface area contributed by atoms with Crippen LogP contribution in [0.4, 0.5) is 4.79 Å². The molecule has 0 radical (unpaired) electrons. The Bertz CT molecular complexity index is 809. The standard InChI is InChI=1S/C20H19NO4/c1-14-11-17(12-15(2)18(14)19(22)23)9-6-10-21-20(24)25-13-16-7-4-3-5-8-16/h3-5,7-8,11-12H,10,13H2,1-2H3,(H,21,24)(H,22,23). The third-order valence-corrected chi connectivity index (χ3v) is 3.51. The predicted molar refractivity (Wildman–Crippen MR) is 94.4 cm³/mol. The second-order valence-electron chi connectivity index (χ2n) is 5.51. The zero-order valence-corrected chi connectivity index (χ0v) is 14.1. The van der Waals surface area contributed by atoms with Crippen LogP contribution in [-0.4, -0.2) is 23.7 Å². The highest BCUT2D eigenvalue weighted by Gasteiger charge is 2.11. The van der Waals surface area contributed by atoms with Gasteiger partial charge in [0.05, 0.1) is 12.1 Å². The number of ether oxygens (including phenoxy) is 1. The number of carboxylic acid groups (broad SMARTS) is 1. The average Bonchev–Trinajstić information content (AvgIpc) is 2.57. The van der Waals surface area contributed by atoms with E-state index < -0.39 is 12.1 Å². The third-order valence-electron chi connectivity index (χ3n) is 3.51. The van der Waals surface area contributed by atoms with Crippen molar-refractivity contribution in [3.63, 3.8) is 0 Å². The van der Waals surface area contributed by atoms with Crippen LogP contribution in [0, 0.1) is 25.7 Å². The molecule has 2 N–H and O–H groups in total. The zero-order valence-electron chi connectivity index (χ0n) is 14.1. The lowest BCUT2D eigenvalue weighted by Crippen LogP contribution is -2.24. The first-order chi connectivity index (χ1) is 12.0. The third kappa shape index (κ3) is 5.40. The molecule has 0 spiro atoms. The topological polar surface area (TPSA) is 75.6 Å². The maximum atomic E-state index is 11.6. The second kappa shape index (κ2) is 8.55. The molecule has 5 nitrogen and oxygen atoms in total. The summed E-state index contributed by atoms with van der Waals surface area (Å²) in [5.41, 5.74) is 3.24. The number of carboxylic acids is 1. The maximum absolute atomic E-state index is 11.6. The number of benzene rings is 2. The Morgan fingerprint density at radius 1 is 1.12 bits per heavy atom. The van der Waals surface area contributed by atoms with Gasteiger partial charge in [0.25, 0.3) is 0 Å². The summed E-state index contributed by atoms with van der Waals surface area (Å²) in [7, 11) is 0. The van der Waals surface area contributed by atoms with Crippen LogP contribution < -0.4 is 5.32 Å². The molecule has 0 aromatic heterocycles. The molecule has 0 aliphatic heterocycles. The Morgan fingerprint density at radius 3 is 2.36 bits per heavy atom. The van der Waals surface area contributed by atoms with Crippen molar-refractivity contribution in [1.29, 1.82) is 0 Å². The van der Waals surface area contributed by atoms with Gasteiger partial charge in [-0.25, -0.2) is 9.59 Å². The van der Waals surface area contributed by atoms with Gasteiger partial charge in [0, 0.05) is 5.56 Å². The molecule has 5 heteroatoms. The van der Waals surface area contributed by atoms with Gasteiger partial charge in [0.1, 0.15) is 6.61 Å². The molecular weight excluding hydrogens is 318 g/mol. The Labute approximate surface area is 146 Å². The molecule has 0 unspecified atom stereocenters.